The van der Waals surface area contributed by atoms with Gasteiger partial charge in [-0.05, 0) is 37.8 Å². The molecule has 0 amide bonds. The summed E-state index contributed by atoms with van der Waals surface area (Å²) in [5, 5.41) is 0.190. The summed E-state index contributed by atoms with van der Waals surface area (Å²) >= 11 is 0. The molecule has 2 heterocycles. The lowest BCUT2D eigenvalue weighted by Gasteiger charge is -2.31. The van der Waals surface area contributed by atoms with E-state index in [-0.39, 0.29) is 5.16 Å². The number of imidazole rings is 1. The Hall–Kier alpha value is -0.920. The molecule has 2 rings (SSSR count). The molecule has 7 heteroatoms. The van der Waals surface area contributed by atoms with Gasteiger partial charge in [0.2, 0.25) is 15.0 Å². The van der Waals surface area contributed by atoms with Gasteiger partial charge in [0.05, 0.1) is 11.9 Å². The molecule has 6 nitrogen and oxygen atoms in total. The van der Waals surface area contributed by atoms with Gasteiger partial charge in [-0.25, -0.2) is 13.4 Å². The van der Waals surface area contributed by atoms with Crippen molar-refractivity contribution in [3.05, 3.63) is 11.9 Å². The largest absolute Gasteiger partial charge is 0.384 e. The van der Waals surface area contributed by atoms with Crippen molar-refractivity contribution in [3.63, 3.8) is 0 Å². The molecule has 0 bridgehead atoms. The Morgan fingerprint density at radius 1 is 1.35 bits per heavy atom. The Labute approximate surface area is 139 Å². The van der Waals surface area contributed by atoms with E-state index in [9.17, 15) is 8.42 Å². The highest BCUT2D eigenvalue weighted by Gasteiger charge is 2.23. The number of piperidine rings is 1. The van der Waals surface area contributed by atoms with E-state index in [0.717, 1.165) is 44.8 Å². The first-order valence-electron chi connectivity index (χ1n) is 8.27. The maximum absolute atomic E-state index is 11.9. The van der Waals surface area contributed by atoms with Crippen LogP contribution in [-0.4, -0.2) is 55.9 Å². The van der Waals surface area contributed by atoms with Gasteiger partial charge in [0.15, 0.2) is 0 Å². The summed E-state index contributed by atoms with van der Waals surface area (Å²) in [5.41, 5.74) is 0.990. The van der Waals surface area contributed by atoms with Gasteiger partial charge in [-0.1, -0.05) is 13.8 Å². The van der Waals surface area contributed by atoms with Crippen molar-refractivity contribution in [1.29, 1.82) is 0 Å². The average molecular weight is 343 g/mol. The maximum Gasteiger partial charge on any atom is 0.227 e. The third kappa shape index (κ3) is 5.02. The highest BCUT2D eigenvalue weighted by Crippen LogP contribution is 2.21. The Morgan fingerprint density at radius 2 is 2.00 bits per heavy atom. The fraction of sp³-hybridized carbons (Fsp3) is 0.812. The zero-order valence-electron chi connectivity index (χ0n) is 14.7. The normalized spacial score (nSPS) is 18.0. The molecular weight excluding hydrogens is 314 g/mol. The van der Waals surface area contributed by atoms with Crippen LogP contribution in [-0.2, 0) is 27.7 Å². The molecule has 1 aromatic heterocycles. The highest BCUT2D eigenvalue weighted by atomic mass is 32.2. The van der Waals surface area contributed by atoms with Gasteiger partial charge in [-0.3, -0.25) is 4.90 Å². The van der Waals surface area contributed by atoms with Crippen LogP contribution in [0.4, 0.5) is 0 Å². The molecule has 0 aliphatic carbocycles. The number of hydrogen-bond acceptors (Lipinski definition) is 5. The van der Waals surface area contributed by atoms with Crippen LogP contribution < -0.4 is 0 Å². The number of ether oxygens (including phenoxy) is 1. The summed E-state index contributed by atoms with van der Waals surface area (Å²) in [4.78, 5) is 6.56. The van der Waals surface area contributed by atoms with Crippen LogP contribution in [0.3, 0.4) is 0 Å². The fourth-order valence-corrected chi connectivity index (χ4v) is 3.99. The number of rotatable bonds is 7. The van der Waals surface area contributed by atoms with Gasteiger partial charge in [0.25, 0.3) is 0 Å². The molecule has 1 fully saturated rings. The van der Waals surface area contributed by atoms with Crippen LogP contribution in [0.2, 0.25) is 0 Å². The van der Waals surface area contributed by atoms with Crippen molar-refractivity contribution >= 4 is 9.84 Å². The van der Waals surface area contributed by atoms with E-state index >= 15 is 0 Å². The number of likely N-dealkylation sites (tertiary alicyclic amines) is 1. The van der Waals surface area contributed by atoms with Crippen LogP contribution in [0.15, 0.2) is 11.4 Å². The first kappa shape index (κ1) is 18.4. The van der Waals surface area contributed by atoms with Gasteiger partial charge >= 0.3 is 0 Å². The monoisotopic (exact) mass is 343 g/mol. The number of methoxy groups -OCH3 is 1. The minimum Gasteiger partial charge on any atom is -0.384 e. The summed E-state index contributed by atoms with van der Waals surface area (Å²) in [7, 11) is -1.54. The summed E-state index contributed by atoms with van der Waals surface area (Å²) < 4.78 is 31.0. The summed E-state index contributed by atoms with van der Waals surface area (Å²) in [6.07, 6.45) is 5.21. The molecule has 0 saturated carbocycles. The topological polar surface area (TPSA) is 64.4 Å². The third-order valence-electron chi connectivity index (χ3n) is 4.28. The Kier molecular flexibility index (Phi) is 6.22. The number of aromatic nitrogens is 2. The molecule has 0 N–H and O–H groups in total. The van der Waals surface area contributed by atoms with Gasteiger partial charge in [-0.15, -0.1) is 0 Å². The Balaban J connectivity index is 2.10. The molecule has 1 aromatic rings. The quantitative estimate of drug-likeness (QED) is 0.755. The van der Waals surface area contributed by atoms with Crippen LogP contribution >= 0.6 is 0 Å². The molecule has 0 aromatic carbocycles. The lowest BCUT2D eigenvalue weighted by molar-refractivity contribution is 0.0956. The molecule has 0 unspecified atom stereocenters. The standard InChI is InChI=1S/C16H29N3O3S/c1-13(2)10-19-15(9-17-16(19)23(4,20)21)11-18-7-5-14(6-8-18)12-22-3/h9,13-14H,5-8,10-12H2,1-4H3. The first-order chi connectivity index (χ1) is 10.8. The fourth-order valence-electron chi connectivity index (χ4n) is 3.15. The van der Waals surface area contributed by atoms with Crippen molar-refractivity contribution < 1.29 is 13.2 Å². The van der Waals surface area contributed by atoms with E-state index in [4.69, 9.17) is 4.74 Å². The number of sulfone groups is 1. The second-order valence-electron chi connectivity index (χ2n) is 6.98. The van der Waals surface area contributed by atoms with Crippen LogP contribution in [0.1, 0.15) is 32.4 Å². The Morgan fingerprint density at radius 3 is 2.52 bits per heavy atom. The third-order valence-corrected chi connectivity index (χ3v) is 5.27. The maximum atomic E-state index is 11.9. The van der Waals surface area contributed by atoms with Crippen molar-refractivity contribution in [3.8, 4) is 0 Å². The predicted molar refractivity (Wildman–Crippen MR) is 90.1 cm³/mol. The van der Waals surface area contributed by atoms with Gasteiger partial charge in [-0.2, -0.15) is 0 Å². The number of hydrogen-bond donors (Lipinski definition) is 0. The van der Waals surface area contributed by atoms with E-state index in [0.29, 0.717) is 18.4 Å². The van der Waals surface area contributed by atoms with Gasteiger partial charge in [0, 0.05) is 33.1 Å². The zero-order valence-corrected chi connectivity index (χ0v) is 15.5. The molecule has 0 atom stereocenters. The highest BCUT2D eigenvalue weighted by molar-refractivity contribution is 7.90. The van der Waals surface area contributed by atoms with E-state index < -0.39 is 9.84 Å². The van der Waals surface area contributed by atoms with E-state index in [1.54, 1.807) is 13.3 Å². The minimum atomic E-state index is -3.30. The molecule has 132 valence electrons. The van der Waals surface area contributed by atoms with Crippen LogP contribution in [0.25, 0.3) is 0 Å². The first-order valence-corrected chi connectivity index (χ1v) is 10.2. The zero-order chi connectivity index (χ0) is 17.0. The second-order valence-corrected chi connectivity index (χ2v) is 8.89. The molecule has 0 spiro atoms. The number of nitrogens with zero attached hydrogens (tertiary/aromatic N) is 3. The molecule has 1 saturated heterocycles. The van der Waals surface area contributed by atoms with Crippen molar-refractivity contribution in [2.24, 2.45) is 11.8 Å². The van der Waals surface area contributed by atoms with Crippen molar-refractivity contribution in [1.82, 2.24) is 14.5 Å². The lowest BCUT2D eigenvalue weighted by atomic mass is 9.98. The molecule has 0 radical (unpaired) electrons. The van der Waals surface area contributed by atoms with Gasteiger partial charge < -0.3 is 9.30 Å². The SMILES string of the molecule is COCC1CCN(Cc2cnc(S(C)(=O)=O)n2CC(C)C)CC1. The van der Waals surface area contributed by atoms with Crippen molar-refractivity contribution in [2.75, 3.05) is 33.1 Å². The van der Waals surface area contributed by atoms with Gasteiger partial charge in [0.1, 0.15) is 0 Å². The van der Waals surface area contributed by atoms with Crippen LogP contribution in [0.5, 0.6) is 0 Å². The molecular formula is C16H29N3O3S. The predicted octanol–water partition coefficient (Wildman–Crippen LogP) is 1.80. The molecule has 1 aliphatic rings. The van der Waals surface area contributed by atoms with Crippen molar-refractivity contribution in [2.45, 2.75) is 44.9 Å². The average Bonchev–Trinajstić information content (AvgIpc) is 2.83. The summed E-state index contributed by atoms with van der Waals surface area (Å²) in [6, 6.07) is 0. The Bertz CT molecular complexity index is 602. The van der Waals surface area contributed by atoms with E-state index in [2.05, 4.69) is 23.7 Å². The summed E-state index contributed by atoms with van der Waals surface area (Å²) in [6.45, 7) is 8.49. The molecule has 1 aliphatic heterocycles. The second kappa shape index (κ2) is 7.77. The van der Waals surface area contributed by atoms with Crippen LogP contribution in [0, 0.1) is 11.8 Å². The molecule has 23 heavy (non-hydrogen) atoms. The van der Waals surface area contributed by atoms with E-state index in [1.807, 2.05) is 4.57 Å². The smallest absolute Gasteiger partial charge is 0.227 e. The summed E-state index contributed by atoms with van der Waals surface area (Å²) in [5.74, 6) is 1.01. The lowest BCUT2D eigenvalue weighted by Crippen LogP contribution is -2.35. The minimum absolute atomic E-state index is 0.190. The van der Waals surface area contributed by atoms with E-state index in [1.165, 1.54) is 6.26 Å².